The zero-order chi connectivity index (χ0) is 38.8. The molecular weight excluding hydrogens is 707 g/mol. The fourth-order valence-corrected chi connectivity index (χ4v) is 9.16. The summed E-state index contributed by atoms with van der Waals surface area (Å²) in [5.41, 5.74) is 17.5. The lowest BCUT2D eigenvalue weighted by atomic mass is 9.65. The number of rotatable bonds is 5. The van der Waals surface area contributed by atoms with Gasteiger partial charge in [0.1, 0.15) is 11.5 Å². The molecule has 0 bridgehead atoms. The van der Waals surface area contributed by atoms with E-state index in [1.165, 1.54) is 27.8 Å². The predicted octanol–water partition coefficient (Wildman–Crippen LogP) is 13.3. The van der Waals surface area contributed by atoms with Crippen LogP contribution >= 0.6 is 0 Å². The summed E-state index contributed by atoms with van der Waals surface area (Å²) in [6.45, 7) is 4.28. The predicted molar refractivity (Wildman–Crippen MR) is 234 cm³/mol. The molecule has 3 heterocycles. The molecule has 11 rings (SSSR count). The topological polar surface area (TPSA) is 47.9 Å². The molecule has 1 aliphatic carbocycles. The number of aromatic nitrogens is 3. The Morgan fingerprint density at radius 2 is 0.966 bits per heavy atom. The van der Waals surface area contributed by atoms with Crippen LogP contribution in [-0.4, -0.2) is 15.0 Å². The molecule has 1 unspecified atom stereocenters. The highest BCUT2D eigenvalue weighted by molar-refractivity contribution is 5.92. The molecule has 4 heteroatoms. The summed E-state index contributed by atoms with van der Waals surface area (Å²) >= 11 is 0. The van der Waals surface area contributed by atoms with Crippen LogP contribution in [0.5, 0.6) is 11.5 Å². The molecule has 2 aliphatic rings. The van der Waals surface area contributed by atoms with Crippen LogP contribution in [0.4, 0.5) is 0 Å². The van der Waals surface area contributed by atoms with E-state index in [1.807, 2.05) is 24.3 Å². The number of pyridine rings is 1. The van der Waals surface area contributed by atoms with E-state index in [0.29, 0.717) is 5.82 Å². The number of aryl methyl sites for hydroxylation is 2. The molecule has 0 radical (unpaired) electrons. The van der Waals surface area contributed by atoms with Gasteiger partial charge in [-0.3, -0.25) is 0 Å². The quantitative estimate of drug-likeness (QED) is 0.176. The van der Waals surface area contributed by atoms with E-state index in [9.17, 15) is 0 Å². The van der Waals surface area contributed by atoms with Gasteiger partial charge in [-0.1, -0.05) is 152 Å². The van der Waals surface area contributed by atoms with Gasteiger partial charge in [-0.25, -0.2) is 15.0 Å². The largest absolute Gasteiger partial charge is 0.456 e. The smallest absolute Gasteiger partial charge is 0.160 e. The van der Waals surface area contributed by atoms with E-state index in [-0.39, 0.29) is 0 Å². The molecule has 4 nitrogen and oxygen atoms in total. The van der Waals surface area contributed by atoms with Crippen LogP contribution in [0.2, 0.25) is 0 Å². The molecule has 274 valence electrons. The fraction of sp³-hybridized carbons (Fsp3) is 0.0556. The van der Waals surface area contributed by atoms with Crippen molar-refractivity contribution in [2.45, 2.75) is 19.3 Å². The van der Waals surface area contributed by atoms with Gasteiger partial charge in [0.15, 0.2) is 5.82 Å². The molecule has 9 aromatic rings. The van der Waals surface area contributed by atoms with Crippen LogP contribution in [-0.2, 0) is 5.41 Å². The molecule has 2 aromatic heterocycles. The maximum atomic E-state index is 7.09. The minimum atomic E-state index is -0.645. The Balaban J connectivity index is 1.15. The van der Waals surface area contributed by atoms with Crippen molar-refractivity contribution in [3.05, 3.63) is 221 Å². The highest BCUT2D eigenvalue weighted by Gasteiger charge is 2.51. The molecule has 0 fully saturated rings. The second-order valence-electron chi connectivity index (χ2n) is 15.3. The van der Waals surface area contributed by atoms with Gasteiger partial charge in [-0.2, -0.15) is 0 Å². The Morgan fingerprint density at radius 3 is 1.74 bits per heavy atom. The molecule has 0 saturated carbocycles. The van der Waals surface area contributed by atoms with Crippen molar-refractivity contribution in [3.8, 4) is 79.0 Å². The second kappa shape index (κ2) is 13.4. The van der Waals surface area contributed by atoms with E-state index in [4.69, 9.17) is 19.7 Å². The Bertz CT molecular complexity index is 3060. The molecule has 1 spiro atoms. The molecular formula is C54H37N3O. The summed E-state index contributed by atoms with van der Waals surface area (Å²) in [4.78, 5) is 15.6. The summed E-state index contributed by atoms with van der Waals surface area (Å²) in [6, 6.07) is 66.3. The van der Waals surface area contributed by atoms with Gasteiger partial charge in [0.05, 0.1) is 28.2 Å². The number of fused-ring (bicyclic) bond motifs is 9. The van der Waals surface area contributed by atoms with Crippen LogP contribution in [0.1, 0.15) is 33.4 Å². The normalized spacial score (nSPS) is 14.6. The third-order valence-corrected chi connectivity index (χ3v) is 11.8. The minimum Gasteiger partial charge on any atom is -0.456 e. The van der Waals surface area contributed by atoms with Crippen LogP contribution in [0, 0.1) is 13.8 Å². The summed E-state index contributed by atoms with van der Waals surface area (Å²) in [6.07, 6.45) is 0. The first-order valence-electron chi connectivity index (χ1n) is 19.8. The molecule has 0 N–H and O–H groups in total. The number of benzene rings is 7. The first-order valence-corrected chi connectivity index (χ1v) is 19.8. The van der Waals surface area contributed by atoms with Crippen molar-refractivity contribution < 1.29 is 4.74 Å². The third-order valence-electron chi connectivity index (χ3n) is 11.8. The van der Waals surface area contributed by atoms with Crippen molar-refractivity contribution in [2.75, 3.05) is 0 Å². The van der Waals surface area contributed by atoms with E-state index < -0.39 is 5.41 Å². The summed E-state index contributed by atoms with van der Waals surface area (Å²) in [7, 11) is 0. The van der Waals surface area contributed by atoms with Gasteiger partial charge in [-0.15, -0.1) is 0 Å². The van der Waals surface area contributed by atoms with Gasteiger partial charge < -0.3 is 4.74 Å². The number of nitrogens with zero attached hydrogens (tertiary/aromatic N) is 3. The lowest BCUT2D eigenvalue weighted by Crippen LogP contribution is -2.32. The summed E-state index contributed by atoms with van der Waals surface area (Å²) < 4.78 is 7.09. The monoisotopic (exact) mass is 743 g/mol. The Morgan fingerprint density at radius 1 is 0.379 bits per heavy atom. The molecule has 1 atom stereocenters. The van der Waals surface area contributed by atoms with Gasteiger partial charge in [0.2, 0.25) is 0 Å². The lowest BCUT2D eigenvalue weighted by Gasteiger charge is -2.40. The first-order chi connectivity index (χ1) is 28.6. The average Bonchev–Trinajstić information content (AvgIpc) is 3.56. The van der Waals surface area contributed by atoms with Crippen molar-refractivity contribution >= 4 is 0 Å². The Labute approximate surface area is 338 Å². The number of ether oxygens (including phenoxy) is 1. The second-order valence-corrected chi connectivity index (χ2v) is 15.3. The zero-order valence-electron chi connectivity index (χ0n) is 32.1. The van der Waals surface area contributed by atoms with Crippen molar-refractivity contribution in [3.63, 3.8) is 0 Å². The van der Waals surface area contributed by atoms with Crippen LogP contribution in [0.3, 0.4) is 0 Å². The molecule has 0 saturated heterocycles. The van der Waals surface area contributed by atoms with Gasteiger partial charge >= 0.3 is 0 Å². The zero-order valence-corrected chi connectivity index (χ0v) is 32.1. The van der Waals surface area contributed by atoms with Crippen LogP contribution < -0.4 is 4.74 Å². The van der Waals surface area contributed by atoms with Crippen LogP contribution in [0.25, 0.3) is 67.5 Å². The summed E-state index contributed by atoms with van der Waals surface area (Å²) in [5, 5.41) is 0. The van der Waals surface area contributed by atoms with Gasteiger partial charge in [-0.05, 0) is 83.6 Å². The van der Waals surface area contributed by atoms with E-state index in [1.54, 1.807) is 0 Å². The number of hydrogen-bond acceptors (Lipinski definition) is 4. The van der Waals surface area contributed by atoms with Crippen molar-refractivity contribution in [2.24, 2.45) is 0 Å². The summed E-state index contributed by atoms with van der Waals surface area (Å²) in [5.74, 6) is 2.30. The van der Waals surface area contributed by atoms with Gasteiger partial charge in [0.25, 0.3) is 0 Å². The minimum absolute atomic E-state index is 0.645. The van der Waals surface area contributed by atoms with Crippen molar-refractivity contribution in [1.82, 2.24) is 15.0 Å². The Kier molecular flexibility index (Phi) is 7.80. The molecule has 0 amide bonds. The lowest BCUT2D eigenvalue weighted by molar-refractivity contribution is 0.438. The SMILES string of the molecule is Cc1cc(-c2ccccc2)nc(-c2ccc3c(c2)-c2ccccc2C32c3ccccc3Oc3c(-c4cc(-c5ccccc5C)nc(-c5ccccc5)n4)cccc32)c1. The van der Waals surface area contributed by atoms with E-state index in [2.05, 4.69) is 178 Å². The molecule has 58 heavy (non-hydrogen) atoms. The highest BCUT2D eigenvalue weighted by atomic mass is 16.5. The van der Waals surface area contributed by atoms with Crippen LogP contribution in [0.15, 0.2) is 188 Å². The standard InChI is InChI=1S/C54H37N3O/c1-34-30-47(36-17-5-3-6-18-36)55-48(31-34)38-28-29-44-42(32-38)40-22-11-12-24-43(40)54(44)45-25-13-14-27-51(45)58-52-41(23-15-26-46(52)54)50-33-49(39-21-10-9-16-35(39)2)56-53(57-50)37-19-7-4-8-20-37/h3-33H,1-2H3. The highest BCUT2D eigenvalue weighted by Crippen LogP contribution is 2.63. The number of para-hydroxylation sites is 2. The number of hydrogen-bond donors (Lipinski definition) is 0. The molecule has 7 aromatic carbocycles. The average molecular weight is 744 g/mol. The third kappa shape index (κ3) is 5.26. The fourth-order valence-electron chi connectivity index (χ4n) is 9.16. The van der Waals surface area contributed by atoms with Crippen molar-refractivity contribution in [1.29, 1.82) is 0 Å². The van der Waals surface area contributed by atoms with E-state index >= 15 is 0 Å². The van der Waals surface area contributed by atoms with Gasteiger partial charge in [0, 0.05) is 38.9 Å². The maximum absolute atomic E-state index is 7.09. The van der Waals surface area contributed by atoms with E-state index in [0.717, 1.165) is 78.8 Å². The molecule has 1 aliphatic heterocycles. The maximum Gasteiger partial charge on any atom is 0.160 e. The first kappa shape index (κ1) is 33.9. The Hall–Kier alpha value is -7.43.